The van der Waals surface area contributed by atoms with Gasteiger partial charge in [0, 0.05) is 28.1 Å². The molecule has 142 valence electrons. The van der Waals surface area contributed by atoms with Crippen LogP contribution < -0.4 is 10.4 Å². The largest absolute Gasteiger partial charge is 0.497 e. The van der Waals surface area contributed by atoms with Gasteiger partial charge in [0.2, 0.25) is 0 Å². The number of hydrogen-bond acceptors (Lipinski definition) is 5. The van der Waals surface area contributed by atoms with Crippen LogP contribution in [0.1, 0.15) is 31.8 Å². The summed E-state index contributed by atoms with van der Waals surface area (Å²) in [4.78, 5) is 38.0. The topological polar surface area (TPSA) is 73.6 Å². The number of methoxy groups -OCH3 is 1. The van der Waals surface area contributed by atoms with E-state index in [0.29, 0.717) is 27.8 Å². The summed E-state index contributed by atoms with van der Waals surface area (Å²) in [7, 11) is 1.51. The molecule has 0 N–H and O–H groups in total. The molecule has 0 saturated heterocycles. The zero-order chi connectivity index (χ0) is 20.4. The fraction of sp³-hybridized carbons (Fsp3) is 0.0417. The van der Waals surface area contributed by atoms with Crippen LogP contribution in [-0.2, 0) is 0 Å². The third-order valence-electron chi connectivity index (χ3n) is 4.61. The molecular weight excluding hydrogens is 368 g/mol. The summed E-state index contributed by atoms with van der Waals surface area (Å²) in [6.07, 6.45) is 0. The first-order chi connectivity index (χ1) is 14.1. The van der Waals surface area contributed by atoms with Gasteiger partial charge in [-0.3, -0.25) is 9.59 Å². The standard InChI is InChI=1S/C24H16O5/c1-28-19-11-10-16-13-20(24(27)29-21(16)14-19)23(26)18-9-5-8-17(12-18)22(25)15-6-3-2-4-7-15/h2-14H,1H3. The minimum Gasteiger partial charge on any atom is -0.497 e. The van der Waals surface area contributed by atoms with E-state index in [2.05, 4.69) is 0 Å². The highest BCUT2D eigenvalue weighted by molar-refractivity contribution is 6.13. The Bertz CT molecular complexity index is 1290. The lowest BCUT2D eigenvalue weighted by molar-refractivity contribution is 0.103. The number of hydrogen-bond donors (Lipinski definition) is 0. The second-order valence-electron chi connectivity index (χ2n) is 6.46. The smallest absolute Gasteiger partial charge is 0.347 e. The van der Waals surface area contributed by atoms with Gasteiger partial charge in [0.25, 0.3) is 0 Å². The number of carbonyl (C=O) groups is 2. The van der Waals surface area contributed by atoms with Gasteiger partial charge in [0.05, 0.1) is 7.11 Å². The molecule has 3 aromatic carbocycles. The fourth-order valence-electron chi connectivity index (χ4n) is 3.09. The highest BCUT2D eigenvalue weighted by Crippen LogP contribution is 2.21. The Labute approximate surface area is 166 Å². The Hall–Kier alpha value is -3.99. The molecule has 0 aliphatic rings. The van der Waals surface area contributed by atoms with E-state index in [1.54, 1.807) is 60.7 Å². The van der Waals surface area contributed by atoms with E-state index in [4.69, 9.17) is 9.15 Å². The van der Waals surface area contributed by atoms with E-state index in [0.717, 1.165) is 0 Å². The normalized spacial score (nSPS) is 10.7. The van der Waals surface area contributed by atoms with Crippen molar-refractivity contribution in [3.05, 3.63) is 112 Å². The molecule has 0 fully saturated rings. The van der Waals surface area contributed by atoms with Crippen LogP contribution in [0, 0.1) is 0 Å². The van der Waals surface area contributed by atoms with Crippen LogP contribution in [0.2, 0.25) is 0 Å². The molecule has 0 aliphatic carbocycles. The molecule has 0 saturated carbocycles. The lowest BCUT2D eigenvalue weighted by atomic mass is 9.98. The van der Waals surface area contributed by atoms with Crippen LogP contribution >= 0.6 is 0 Å². The molecular formula is C24H16O5. The van der Waals surface area contributed by atoms with Gasteiger partial charge in [-0.2, -0.15) is 0 Å². The van der Waals surface area contributed by atoms with Crippen LogP contribution in [0.15, 0.2) is 88.1 Å². The number of ketones is 2. The van der Waals surface area contributed by atoms with Gasteiger partial charge in [0.1, 0.15) is 16.9 Å². The summed E-state index contributed by atoms with van der Waals surface area (Å²) >= 11 is 0. The van der Waals surface area contributed by atoms with Crippen molar-refractivity contribution in [2.24, 2.45) is 0 Å². The zero-order valence-corrected chi connectivity index (χ0v) is 15.5. The van der Waals surface area contributed by atoms with Crippen molar-refractivity contribution in [3.63, 3.8) is 0 Å². The van der Waals surface area contributed by atoms with Gasteiger partial charge >= 0.3 is 5.63 Å². The molecule has 0 unspecified atom stereocenters. The lowest BCUT2D eigenvalue weighted by Gasteiger charge is -2.06. The maximum absolute atomic E-state index is 12.9. The van der Waals surface area contributed by atoms with E-state index in [1.807, 2.05) is 6.07 Å². The molecule has 4 aromatic rings. The Balaban J connectivity index is 1.72. The summed E-state index contributed by atoms with van der Waals surface area (Å²) in [5, 5.41) is 0.602. The number of carbonyl (C=O) groups excluding carboxylic acids is 2. The van der Waals surface area contributed by atoms with Crippen molar-refractivity contribution in [1.29, 1.82) is 0 Å². The van der Waals surface area contributed by atoms with Gasteiger partial charge in [-0.15, -0.1) is 0 Å². The Morgan fingerprint density at radius 2 is 1.45 bits per heavy atom. The Morgan fingerprint density at radius 1 is 0.759 bits per heavy atom. The van der Waals surface area contributed by atoms with Crippen LogP contribution in [0.25, 0.3) is 11.0 Å². The van der Waals surface area contributed by atoms with E-state index in [-0.39, 0.29) is 16.9 Å². The Morgan fingerprint density at radius 3 is 2.17 bits per heavy atom. The van der Waals surface area contributed by atoms with E-state index >= 15 is 0 Å². The molecule has 4 rings (SSSR count). The first-order valence-corrected chi connectivity index (χ1v) is 8.93. The average molecular weight is 384 g/mol. The van der Waals surface area contributed by atoms with Crippen LogP contribution in [0.3, 0.4) is 0 Å². The van der Waals surface area contributed by atoms with Crippen molar-refractivity contribution in [1.82, 2.24) is 0 Å². The zero-order valence-electron chi connectivity index (χ0n) is 15.5. The number of fused-ring (bicyclic) bond motifs is 1. The molecule has 0 bridgehead atoms. The van der Waals surface area contributed by atoms with E-state index < -0.39 is 11.4 Å². The van der Waals surface area contributed by atoms with Gasteiger partial charge in [0.15, 0.2) is 11.6 Å². The third kappa shape index (κ3) is 3.58. The Kier molecular flexibility index (Phi) is 4.79. The maximum Gasteiger partial charge on any atom is 0.347 e. The van der Waals surface area contributed by atoms with Gasteiger partial charge in [-0.1, -0.05) is 48.5 Å². The molecule has 1 aromatic heterocycles. The van der Waals surface area contributed by atoms with Crippen molar-refractivity contribution >= 4 is 22.5 Å². The molecule has 0 atom stereocenters. The quantitative estimate of drug-likeness (QED) is 0.380. The van der Waals surface area contributed by atoms with Gasteiger partial charge in [-0.05, 0) is 24.3 Å². The average Bonchev–Trinajstić information content (AvgIpc) is 2.78. The molecule has 0 aliphatic heterocycles. The fourth-order valence-corrected chi connectivity index (χ4v) is 3.09. The minimum atomic E-state index is -0.740. The predicted octanol–water partition coefficient (Wildman–Crippen LogP) is 4.26. The predicted molar refractivity (Wildman–Crippen MR) is 109 cm³/mol. The van der Waals surface area contributed by atoms with Gasteiger partial charge < -0.3 is 9.15 Å². The highest BCUT2D eigenvalue weighted by atomic mass is 16.5. The summed E-state index contributed by atoms with van der Waals surface area (Å²) in [5.74, 6) is -0.149. The molecule has 5 heteroatoms. The second kappa shape index (κ2) is 7.56. The molecule has 0 amide bonds. The van der Waals surface area contributed by atoms with Crippen LogP contribution in [0.5, 0.6) is 5.75 Å². The lowest BCUT2D eigenvalue weighted by Crippen LogP contribution is -2.15. The molecule has 5 nitrogen and oxygen atoms in total. The monoisotopic (exact) mass is 384 g/mol. The second-order valence-corrected chi connectivity index (χ2v) is 6.46. The molecule has 1 heterocycles. The van der Waals surface area contributed by atoms with Crippen molar-refractivity contribution in [3.8, 4) is 5.75 Å². The van der Waals surface area contributed by atoms with Crippen molar-refractivity contribution < 1.29 is 18.7 Å². The van der Waals surface area contributed by atoms with E-state index in [1.165, 1.54) is 19.2 Å². The highest BCUT2D eigenvalue weighted by Gasteiger charge is 2.18. The maximum atomic E-state index is 12.9. The van der Waals surface area contributed by atoms with Gasteiger partial charge in [-0.25, -0.2) is 4.79 Å². The summed E-state index contributed by atoms with van der Waals surface area (Å²) in [5.41, 5.74) is 0.640. The molecule has 0 spiro atoms. The summed E-state index contributed by atoms with van der Waals surface area (Å²) < 4.78 is 10.4. The molecule has 0 radical (unpaired) electrons. The summed E-state index contributed by atoms with van der Waals surface area (Å²) in [6, 6.07) is 21.6. The SMILES string of the molecule is COc1ccc2cc(C(=O)c3cccc(C(=O)c4ccccc4)c3)c(=O)oc2c1. The first-order valence-electron chi connectivity index (χ1n) is 8.93. The van der Waals surface area contributed by atoms with Crippen LogP contribution in [-0.4, -0.2) is 18.7 Å². The van der Waals surface area contributed by atoms with Crippen LogP contribution in [0.4, 0.5) is 0 Å². The minimum absolute atomic E-state index is 0.0908. The number of benzene rings is 3. The third-order valence-corrected chi connectivity index (χ3v) is 4.61. The van der Waals surface area contributed by atoms with E-state index in [9.17, 15) is 14.4 Å². The summed E-state index contributed by atoms with van der Waals surface area (Å²) in [6.45, 7) is 0. The number of ether oxygens (including phenoxy) is 1. The van der Waals surface area contributed by atoms with Crippen molar-refractivity contribution in [2.75, 3.05) is 7.11 Å². The molecule has 29 heavy (non-hydrogen) atoms. The first kappa shape index (κ1) is 18.4. The number of rotatable bonds is 5. The van der Waals surface area contributed by atoms with Crippen molar-refractivity contribution in [2.45, 2.75) is 0 Å².